The molecule has 0 spiro atoms. The Labute approximate surface area is 93.2 Å². The van der Waals surface area contributed by atoms with Crippen molar-refractivity contribution in [2.75, 3.05) is 26.7 Å². The minimum atomic E-state index is -0.0366. The maximum Gasteiger partial charge on any atom is 0.234 e. The maximum absolute atomic E-state index is 11.5. The van der Waals surface area contributed by atoms with Crippen LogP contribution in [0.25, 0.3) is 0 Å². The minimum Gasteiger partial charge on any atom is -0.355 e. The summed E-state index contributed by atoms with van der Waals surface area (Å²) in [6.07, 6.45) is 1.94. The van der Waals surface area contributed by atoms with Crippen LogP contribution in [-0.4, -0.2) is 43.0 Å². The molecule has 0 bridgehead atoms. The summed E-state index contributed by atoms with van der Waals surface area (Å²) in [7, 11) is 1.97. The second kappa shape index (κ2) is 6.80. The van der Waals surface area contributed by atoms with E-state index in [1.807, 2.05) is 14.0 Å². The first-order valence-electron chi connectivity index (χ1n) is 5.74. The van der Waals surface area contributed by atoms with Gasteiger partial charge in [-0.25, -0.2) is 0 Å². The fourth-order valence-corrected chi connectivity index (χ4v) is 1.87. The van der Waals surface area contributed by atoms with Crippen molar-refractivity contribution in [3.63, 3.8) is 0 Å². The van der Waals surface area contributed by atoms with Gasteiger partial charge in [-0.05, 0) is 26.8 Å². The zero-order valence-corrected chi connectivity index (χ0v) is 10.5. The van der Waals surface area contributed by atoms with Crippen molar-refractivity contribution in [2.24, 2.45) is 5.73 Å². The summed E-state index contributed by atoms with van der Waals surface area (Å²) in [6.45, 7) is 7.85. The van der Waals surface area contributed by atoms with Crippen LogP contribution in [0, 0.1) is 0 Å². The van der Waals surface area contributed by atoms with E-state index in [2.05, 4.69) is 24.1 Å². The molecule has 0 atom stereocenters. The third-order valence-electron chi connectivity index (χ3n) is 3.26. The lowest BCUT2D eigenvalue weighted by Crippen LogP contribution is -2.54. The van der Waals surface area contributed by atoms with Gasteiger partial charge in [0.15, 0.2) is 0 Å². The average molecular weight is 215 g/mol. The van der Waals surface area contributed by atoms with Crippen LogP contribution in [0.3, 0.4) is 0 Å². The molecule has 15 heavy (non-hydrogen) atoms. The van der Waals surface area contributed by atoms with E-state index in [1.165, 1.54) is 0 Å². The van der Waals surface area contributed by atoms with Crippen molar-refractivity contribution in [3.05, 3.63) is 0 Å². The highest BCUT2D eigenvalue weighted by atomic mass is 16.2. The predicted octanol–water partition coefficient (Wildman–Crippen LogP) is 0.572. The molecule has 0 unspecified atom stereocenters. The average Bonchev–Trinajstić information content (AvgIpc) is 2.21. The summed E-state index contributed by atoms with van der Waals surface area (Å²) in [6, 6.07) is 0. The van der Waals surface area contributed by atoms with Crippen molar-refractivity contribution >= 4 is 5.91 Å². The number of likely N-dealkylation sites (N-methyl/N-ethyl adjacent to an activating group) is 2. The molecule has 0 radical (unpaired) electrons. The topological polar surface area (TPSA) is 58.4 Å². The zero-order valence-electron chi connectivity index (χ0n) is 10.5. The molecule has 1 amide bonds. The smallest absolute Gasteiger partial charge is 0.234 e. The van der Waals surface area contributed by atoms with E-state index < -0.39 is 0 Å². The minimum absolute atomic E-state index is 0.0366. The lowest BCUT2D eigenvalue weighted by Gasteiger charge is -2.39. The largest absolute Gasteiger partial charge is 0.355 e. The summed E-state index contributed by atoms with van der Waals surface area (Å²) < 4.78 is 0. The Kier molecular flexibility index (Phi) is 6.52. The first kappa shape index (κ1) is 14.4. The van der Waals surface area contributed by atoms with Crippen molar-refractivity contribution in [2.45, 2.75) is 39.2 Å². The Bertz CT molecular complexity index is 182. The van der Waals surface area contributed by atoms with Gasteiger partial charge >= 0.3 is 0 Å². The molecule has 0 aliphatic rings. The number of nitrogens with two attached hydrogens (primary N) is 1. The number of carbonyl (C=O) groups is 1. The molecule has 0 saturated heterocycles. The quantitative estimate of drug-likeness (QED) is 0.653. The summed E-state index contributed by atoms with van der Waals surface area (Å²) in [5, 5.41) is 2.80. The Hall–Kier alpha value is -0.610. The van der Waals surface area contributed by atoms with Crippen molar-refractivity contribution < 1.29 is 4.79 Å². The van der Waals surface area contributed by atoms with E-state index in [9.17, 15) is 4.79 Å². The molecule has 0 saturated carbocycles. The molecule has 4 heteroatoms. The Morgan fingerprint density at radius 1 is 1.33 bits per heavy atom. The van der Waals surface area contributed by atoms with Crippen LogP contribution in [0.5, 0.6) is 0 Å². The Morgan fingerprint density at radius 2 is 1.87 bits per heavy atom. The van der Waals surface area contributed by atoms with Crippen LogP contribution >= 0.6 is 0 Å². The van der Waals surface area contributed by atoms with E-state index >= 15 is 0 Å². The standard InChI is InChI=1S/C11H25N3O/c1-5-11(6-2,9-12)14(4)8-10(15)13-7-3/h5-9,12H2,1-4H3,(H,13,15). The van der Waals surface area contributed by atoms with Gasteiger partial charge < -0.3 is 11.1 Å². The third kappa shape index (κ3) is 3.80. The van der Waals surface area contributed by atoms with Gasteiger partial charge in [0.2, 0.25) is 5.91 Å². The highest BCUT2D eigenvalue weighted by Crippen LogP contribution is 2.20. The highest BCUT2D eigenvalue weighted by molar-refractivity contribution is 5.78. The van der Waals surface area contributed by atoms with Gasteiger partial charge in [0.05, 0.1) is 6.54 Å². The maximum atomic E-state index is 11.5. The van der Waals surface area contributed by atoms with Crippen LogP contribution in [-0.2, 0) is 4.79 Å². The summed E-state index contributed by atoms with van der Waals surface area (Å²) in [4.78, 5) is 13.5. The number of nitrogens with one attached hydrogen (secondary N) is 1. The van der Waals surface area contributed by atoms with Gasteiger partial charge in [0.1, 0.15) is 0 Å². The van der Waals surface area contributed by atoms with E-state index in [0.717, 1.165) is 12.8 Å². The van der Waals surface area contributed by atoms with E-state index in [4.69, 9.17) is 5.73 Å². The normalized spacial score (nSPS) is 11.9. The van der Waals surface area contributed by atoms with Gasteiger partial charge in [-0.2, -0.15) is 0 Å². The number of hydrogen-bond acceptors (Lipinski definition) is 3. The molecule has 0 aromatic carbocycles. The first-order valence-corrected chi connectivity index (χ1v) is 5.74. The molecular formula is C11H25N3O. The lowest BCUT2D eigenvalue weighted by atomic mass is 9.91. The van der Waals surface area contributed by atoms with E-state index in [-0.39, 0.29) is 11.4 Å². The third-order valence-corrected chi connectivity index (χ3v) is 3.26. The molecular weight excluding hydrogens is 190 g/mol. The van der Waals surface area contributed by atoms with Gasteiger partial charge in [0.25, 0.3) is 0 Å². The fourth-order valence-electron chi connectivity index (χ4n) is 1.87. The van der Waals surface area contributed by atoms with Crippen LogP contribution in [0.4, 0.5) is 0 Å². The number of carbonyl (C=O) groups excluding carboxylic acids is 1. The molecule has 90 valence electrons. The Morgan fingerprint density at radius 3 is 2.20 bits per heavy atom. The predicted molar refractivity (Wildman–Crippen MR) is 63.7 cm³/mol. The molecule has 4 nitrogen and oxygen atoms in total. The highest BCUT2D eigenvalue weighted by Gasteiger charge is 2.30. The number of nitrogens with zero attached hydrogens (tertiary/aromatic N) is 1. The Balaban J connectivity index is 4.37. The van der Waals surface area contributed by atoms with Crippen LogP contribution in [0.2, 0.25) is 0 Å². The zero-order chi connectivity index (χ0) is 11.9. The van der Waals surface area contributed by atoms with Gasteiger partial charge in [-0.3, -0.25) is 9.69 Å². The van der Waals surface area contributed by atoms with Crippen molar-refractivity contribution in [1.82, 2.24) is 10.2 Å². The van der Waals surface area contributed by atoms with Crippen LogP contribution in [0.1, 0.15) is 33.6 Å². The molecule has 0 rings (SSSR count). The lowest BCUT2D eigenvalue weighted by molar-refractivity contribution is -0.123. The first-order chi connectivity index (χ1) is 7.06. The molecule has 0 aliphatic heterocycles. The summed E-state index contributed by atoms with van der Waals surface area (Å²) in [5.74, 6) is 0.0692. The van der Waals surface area contributed by atoms with Crippen molar-refractivity contribution in [3.8, 4) is 0 Å². The summed E-state index contributed by atoms with van der Waals surface area (Å²) >= 11 is 0. The van der Waals surface area contributed by atoms with E-state index in [1.54, 1.807) is 0 Å². The second-order valence-corrected chi connectivity index (χ2v) is 3.95. The van der Waals surface area contributed by atoms with Crippen LogP contribution < -0.4 is 11.1 Å². The van der Waals surface area contributed by atoms with Gasteiger partial charge in [0, 0.05) is 18.6 Å². The molecule has 0 aromatic rings. The molecule has 0 aliphatic carbocycles. The van der Waals surface area contributed by atoms with Crippen molar-refractivity contribution in [1.29, 1.82) is 0 Å². The fraction of sp³-hybridized carbons (Fsp3) is 0.909. The molecule has 0 heterocycles. The monoisotopic (exact) mass is 215 g/mol. The molecule has 0 fully saturated rings. The SMILES string of the molecule is CCNC(=O)CN(C)C(CC)(CC)CN. The number of amides is 1. The van der Waals surface area contributed by atoms with E-state index in [0.29, 0.717) is 19.6 Å². The summed E-state index contributed by atoms with van der Waals surface area (Å²) in [5.41, 5.74) is 5.77. The van der Waals surface area contributed by atoms with Crippen LogP contribution in [0.15, 0.2) is 0 Å². The van der Waals surface area contributed by atoms with Gasteiger partial charge in [-0.1, -0.05) is 13.8 Å². The number of hydrogen-bond donors (Lipinski definition) is 2. The molecule has 0 aromatic heterocycles. The second-order valence-electron chi connectivity index (χ2n) is 3.95. The number of rotatable bonds is 7. The molecule has 3 N–H and O–H groups in total. The van der Waals surface area contributed by atoms with Gasteiger partial charge in [-0.15, -0.1) is 0 Å².